The fraction of sp³-hybridized carbons (Fsp3) is 0. The molecule has 0 saturated heterocycles. The van der Waals surface area contributed by atoms with Gasteiger partial charge in [0, 0.05) is 16.5 Å². The van der Waals surface area contributed by atoms with E-state index in [0.717, 1.165) is 22.1 Å². The summed E-state index contributed by atoms with van der Waals surface area (Å²) in [5.74, 6) is 0. The largest absolute Gasteiger partial charge is 0.456 e. The second kappa shape index (κ2) is 8.82. The van der Waals surface area contributed by atoms with Gasteiger partial charge in [-0.05, 0) is 97.0 Å². The molecule has 0 unspecified atom stereocenters. The maximum absolute atomic E-state index is 6.49. The highest BCUT2D eigenvalue weighted by atomic mass is 16.3. The summed E-state index contributed by atoms with van der Waals surface area (Å²) in [6.45, 7) is 0. The van der Waals surface area contributed by atoms with Gasteiger partial charge in [-0.3, -0.25) is 0 Å². The third-order valence-electron chi connectivity index (χ3n) is 9.31. The number of para-hydroxylation sites is 2. The molecule has 1 aliphatic rings. The SMILES string of the molecule is c1ccc2c(c1)N2c1ccc(-c2c3ccccc3c(-c3ccc4c(c3)oc3ccc5ccccc5c34)c3ccccc23)cc1. The quantitative estimate of drug-likeness (QED) is 0.158. The van der Waals surface area contributed by atoms with Crippen LogP contribution in [-0.4, -0.2) is 0 Å². The van der Waals surface area contributed by atoms with Gasteiger partial charge < -0.3 is 9.32 Å². The van der Waals surface area contributed by atoms with Crippen LogP contribution in [0, 0.1) is 0 Å². The Morgan fingerprint density at radius 3 is 1.59 bits per heavy atom. The van der Waals surface area contributed by atoms with Crippen LogP contribution in [0.15, 0.2) is 156 Å². The van der Waals surface area contributed by atoms with E-state index in [1.165, 1.54) is 71.5 Å². The minimum atomic E-state index is 0.915. The van der Waals surface area contributed by atoms with Gasteiger partial charge in [0.15, 0.2) is 0 Å². The predicted octanol–water partition coefficient (Wildman–Crippen LogP) is 12.2. The van der Waals surface area contributed by atoms with Crippen molar-refractivity contribution in [2.24, 2.45) is 0 Å². The molecule has 0 fully saturated rings. The van der Waals surface area contributed by atoms with Crippen LogP contribution in [0.1, 0.15) is 0 Å². The Kier molecular flexibility index (Phi) is 4.75. The molecule has 0 bridgehead atoms. The number of nitrogens with zero attached hydrogens (tertiary/aromatic N) is 1. The highest BCUT2D eigenvalue weighted by Gasteiger charge is 2.29. The smallest absolute Gasteiger partial charge is 0.136 e. The summed E-state index contributed by atoms with van der Waals surface area (Å²) < 4.78 is 6.49. The Morgan fingerprint density at radius 1 is 0.386 bits per heavy atom. The molecule has 9 aromatic rings. The molecule has 8 aromatic carbocycles. The number of hydrogen-bond donors (Lipinski definition) is 0. The number of fused-ring (bicyclic) bond motifs is 8. The van der Waals surface area contributed by atoms with E-state index in [-0.39, 0.29) is 0 Å². The maximum Gasteiger partial charge on any atom is 0.136 e. The van der Waals surface area contributed by atoms with E-state index in [2.05, 4.69) is 157 Å². The Morgan fingerprint density at radius 2 is 0.932 bits per heavy atom. The van der Waals surface area contributed by atoms with Gasteiger partial charge in [0.05, 0.1) is 11.4 Å². The van der Waals surface area contributed by atoms with Crippen molar-refractivity contribution in [2.45, 2.75) is 0 Å². The van der Waals surface area contributed by atoms with Crippen LogP contribution in [0.3, 0.4) is 0 Å². The summed E-state index contributed by atoms with van der Waals surface area (Å²) in [7, 11) is 0. The fourth-order valence-electron chi connectivity index (χ4n) is 7.31. The summed E-state index contributed by atoms with van der Waals surface area (Å²) in [6.07, 6.45) is 0. The van der Waals surface area contributed by atoms with E-state index in [1.54, 1.807) is 0 Å². The number of hydrogen-bond acceptors (Lipinski definition) is 2. The molecule has 44 heavy (non-hydrogen) atoms. The lowest BCUT2D eigenvalue weighted by Crippen LogP contribution is -1.92. The normalized spacial score (nSPS) is 12.5. The van der Waals surface area contributed by atoms with Crippen LogP contribution in [0.5, 0.6) is 0 Å². The summed E-state index contributed by atoms with van der Waals surface area (Å²) in [5, 5.41) is 9.77. The standard InChI is InChI=1S/C42H25NO/c1-2-10-30-26(9-1)20-24-38-42(30)35-23-19-28(25-39(35)44-38)41-33-13-5-3-11-31(33)40(32-12-4-6-14-34(32)41)27-17-21-29(22-18-27)43-36-15-7-8-16-37(36)43/h1-25H. The molecule has 204 valence electrons. The first-order chi connectivity index (χ1) is 21.8. The third kappa shape index (κ3) is 3.31. The van der Waals surface area contributed by atoms with Crippen LogP contribution >= 0.6 is 0 Å². The Labute approximate surface area is 254 Å². The molecule has 2 heterocycles. The lowest BCUT2D eigenvalue weighted by Gasteiger charge is -2.18. The van der Waals surface area contributed by atoms with Crippen molar-refractivity contribution in [1.29, 1.82) is 0 Å². The maximum atomic E-state index is 6.49. The Hall–Kier alpha value is -5.86. The minimum Gasteiger partial charge on any atom is -0.456 e. The van der Waals surface area contributed by atoms with Gasteiger partial charge in [0.2, 0.25) is 0 Å². The van der Waals surface area contributed by atoms with Crippen LogP contribution in [0.4, 0.5) is 17.1 Å². The van der Waals surface area contributed by atoms with E-state index in [0.29, 0.717) is 0 Å². The van der Waals surface area contributed by atoms with E-state index in [9.17, 15) is 0 Å². The third-order valence-corrected chi connectivity index (χ3v) is 9.31. The Bertz CT molecular complexity index is 2530. The van der Waals surface area contributed by atoms with Gasteiger partial charge in [0.1, 0.15) is 11.2 Å². The van der Waals surface area contributed by atoms with Gasteiger partial charge >= 0.3 is 0 Å². The van der Waals surface area contributed by atoms with Gasteiger partial charge in [-0.15, -0.1) is 0 Å². The molecule has 0 atom stereocenters. The zero-order valence-electron chi connectivity index (χ0n) is 23.8. The molecule has 2 nitrogen and oxygen atoms in total. The molecule has 0 N–H and O–H groups in total. The lowest BCUT2D eigenvalue weighted by molar-refractivity contribution is 0.669. The molecular formula is C42H25NO. The van der Waals surface area contributed by atoms with Crippen LogP contribution in [-0.2, 0) is 0 Å². The zero-order chi connectivity index (χ0) is 28.8. The van der Waals surface area contributed by atoms with Crippen molar-refractivity contribution < 1.29 is 4.42 Å². The molecule has 0 spiro atoms. The molecule has 1 aromatic heterocycles. The lowest BCUT2D eigenvalue weighted by atomic mass is 9.86. The van der Waals surface area contributed by atoms with Crippen molar-refractivity contribution in [3.05, 3.63) is 152 Å². The van der Waals surface area contributed by atoms with Crippen LogP contribution in [0.2, 0.25) is 0 Å². The number of furan rings is 1. The minimum absolute atomic E-state index is 0.915. The summed E-state index contributed by atoms with van der Waals surface area (Å²) in [4.78, 5) is 2.31. The average Bonchev–Trinajstić information content (AvgIpc) is 3.70. The van der Waals surface area contributed by atoms with Gasteiger partial charge in [-0.2, -0.15) is 0 Å². The zero-order valence-corrected chi connectivity index (χ0v) is 23.8. The second-order valence-electron chi connectivity index (χ2n) is 11.7. The van der Waals surface area contributed by atoms with E-state index < -0.39 is 0 Å². The molecule has 0 radical (unpaired) electrons. The van der Waals surface area contributed by atoms with Gasteiger partial charge in [-0.25, -0.2) is 0 Å². The van der Waals surface area contributed by atoms with Crippen molar-refractivity contribution in [1.82, 2.24) is 0 Å². The monoisotopic (exact) mass is 559 g/mol. The first kappa shape index (κ1) is 23.7. The van der Waals surface area contributed by atoms with E-state index in [4.69, 9.17) is 4.42 Å². The second-order valence-corrected chi connectivity index (χ2v) is 11.7. The molecule has 10 rings (SSSR count). The summed E-state index contributed by atoms with van der Waals surface area (Å²) >= 11 is 0. The van der Waals surface area contributed by atoms with Crippen molar-refractivity contribution in [3.63, 3.8) is 0 Å². The van der Waals surface area contributed by atoms with Crippen molar-refractivity contribution in [2.75, 3.05) is 4.90 Å². The topological polar surface area (TPSA) is 16.1 Å². The number of benzene rings is 8. The molecular weight excluding hydrogens is 534 g/mol. The molecule has 2 heteroatoms. The predicted molar refractivity (Wildman–Crippen MR) is 185 cm³/mol. The molecule has 1 aliphatic heterocycles. The van der Waals surface area contributed by atoms with Crippen LogP contribution < -0.4 is 4.90 Å². The van der Waals surface area contributed by atoms with Crippen molar-refractivity contribution >= 4 is 71.3 Å². The summed E-state index contributed by atoms with van der Waals surface area (Å²) in [6, 6.07) is 54.8. The number of anilines is 3. The van der Waals surface area contributed by atoms with Crippen LogP contribution in [0.25, 0.3) is 76.5 Å². The fourth-order valence-corrected chi connectivity index (χ4v) is 7.31. The van der Waals surface area contributed by atoms with E-state index in [1.807, 2.05) is 0 Å². The Balaban J connectivity index is 1.18. The number of rotatable bonds is 3. The average molecular weight is 560 g/mol. The van der Waals surface area contributed by atoms with Crippen molar-refractivity contribution in [3.8, 4) is 22.3 Å². The van der Waals surface area contributed by atoms with Gasteiger partial charge in [-0.1, -0.05) is 109 Å². The first-order valence-electron chi connectivity index (χ1n) is 15.1. The summed E-state index contributed by atoms with van der Waals surface area (Å²) in [5.41, 5.74) is 10.5. The molecule has 0 amide bonds. The highest BCUT2D eigenvalue weighted by molar-refractivity contribution is 6.23. The first-order valence-corrected chi connectivity index (χ1v) is 15.1. The molecule has 0 aliphatic carbocycles. The highest BCUT2D eigenvalue weighted by Crippen LogP contribution is 2.53. The van der Waals surface area contributed by atoms with E-state index >= 15 is 0 Å². The molecule has 0 saturated carbocycles. The van der Waals surface area contributed by atoms with Gasteiger partial charge in [0.25, 0.3) is 0 Å².